The minimum Gasteiger partial charge on any atom is -0.468 e. The SMILES string of the molecule is C#Cc1cccc2cc(OCOC)cc(-c3c(F)cc4c(N5CC6CCC(C6)C5)nc(OC[C@@H]5CCCN5CCCCCN5CCN(c6ccc7c(c6)CN([C@H]6CCC(=O)NC6=O)C7=O)CC5)nc4c3F)c12. The Bertz CT molecular complexity index is 2950. The Hall–Kier alpha value is -6.41. The number of imide groups is 1. The third-order valence-electron chi connectivity index (χ3n) is 16.0. The van der Waals surface area contributed by atoms with Crippen molar-refractivity contribution in [3.8, 4) is 35.2 Å². The van der Waals surface area contributed by atoms with Crippen LogP contribution in [-0.2, 0) is 20.9 Å². The van der Waals surface area contributed by atoms with Gasteiger partial charge in [-0.2, -0.15) is 9.97 Å². The van der Waals surface area contributed by atoms with E-state index in [0.717, 1.165) is 122 Å². The van der Waals surface area contributed by atoms with Crippen LogP contribution in [-0.4, -0.2) is 134 Å². The van der Waals surface area contributed by atoms with Crippen LogP contribution in [0.15, 0.2) is 54.6 Å². The lowest BCUT2D eigenvalue weighted by atomic mass is 9.92. The van der Waals surface area contributed by atoms with E-state index in [1.54, 1.807) is 23.1 Å². The van der Waals surface area contributed by atoms with Gasteiger partial charge in [-0.1, -0.05) is 24.5 Å². The molecule has 0 radical (unpaired) electrons. The average molecular weight is 981 g/mol. The summed E-state index contributed by atoms with van der Waals surface area (Å²) in [7, 11) is 1.51. The molecule has 2 bridgehead atoms. The standard InChI is InChI=1S/C56H62F2N8O6/c1-3-37-9-7-10-38-27-42(72-34-70-2)28-44(49(37)38)50-46(57)29-45-52(51(50)58)60-56(61-53(45)65-30-35-12-13-36(25-35)31-65)71-33-41-11-8-20-63(41)19-6-4-5-18-62-21-23-64(24-22-62)40-14-15-43-39(26-40)32-66(55(43)69)47-16-17-48(67)59-54(47)68/h1,7,9-10,14-15,26-29,35-36,41,47H,4-6,8,11-13,16-25,30-34H2,2H3,(H,59,67,68)/t35?,36?,41-,47-/m0/s1. The Morgan fingerprint density at radius 3 is 2.46 bits per heavy atom. The van der Waals surface area contributed by atoms with E-state index in [-0.39, 0.29) is 53.7 Å². The zero-order valence-electron chi connectivity index (χ0n) is 41.0. The molecule has 0 spiro atoms. The summed E-state index contributed by atoms with van der Waals surface area (Å²) >= 11 is 0. The summed E-state index contributed by atoms with van der Waals surface area (Å²) < 4.78 is 51.6. The van der Waals surface area contributed by atoms with Crippen molar-refractivity contribution in [2.45, 2.75) is 82.8 Å². The first-order chi connectivity index (χ1) is 35.1. The zero-order valence-corrected chi connectivity index (χ0v) is 41.0. The minimum atomic E-state index is -0.806. The highest BCUT2D eigenvalue weighted by atomic mass is 19.1. The number of amides is 3. The van der Waals surface area contributed by atoms with Gasteiger partial charge in [-0.05, 0) is 136 Å². The van der Waals surface area contributed by atoms with E-state index < -0.39 is 23.6 Å². The minimum absolute atomic E-state index is 0.00423. The number of unbranched alkanes of at least 4 members (excludes halogenated alkanes) is 2. The number of nitrogens with zero attached hydrogens (tertiary/aromatic N) is 7. The number of fused-ring (bicyclic) bond motifs is 5. The zero-order chi connectivity index (χ0) is 49.5. The molecule has 376 valence electrons. The number of carbonyl (C=O) groups is 3. The number of rotatable bonds is 16. The normalized spacial score (nSPS) is 22.5. The molecule has 4 saturated heterocycles. The van der Waals surface area contributed by atoms with Crippen molar-refractivity contribution in [2.24, 2.45) is 11.8 Å². The van der Waals surface area contributed by atoms with Crippen LogP contribution in [0.2, 0.25) is 0 Å². The highest BCUT2D eigenvalue weighted by Crippen LogP contribution is 2.44. The summed E-state index contributed by atoms with van der Waals surface area (Å²) in [5, 5.41) is 3.92. The van der Waals surface area contributed by atoms with Gasteiger partial charge in [-0.3, -0.25) is 29.5 Å². The molecule has 1 N–H and O–H groups in total. The lowest BCUT2D eigenvalue weighted by molar-refractivity contribution is -0.136. The van der Waals surface area contributed by atoms with Crippen LogP contribution < -0.4 is 24.6 Å². The van der Waals surface area contributed by atoms with Gasteiger partial charge in [-0.15, -0.1) is 6.42 Å². The van der Waals surface area contributed by atoms with Gasteiger partial charge in [0, 0.05) is 98.5 Å². The summed E-state index contributed by atoms with van der Waals surface area (Å²) in [6.45, 7) is 8.93. The summed E-state index contributed by atoms with van der Waals surface area (Å²) in [6, 6.07) is 15.8. The Morgan fingerprint density at radius 2 is 1.67 bits per heavy atom. The predicted molar refractivity (Wildman–Crippen MR) is 271 cm³/mol. The molecule has 3 amide bonds. The maximum absolute atomic E-state index is 17.4. The van der Waals surface area contributed by atoms with Crippen LogP contribution >= 0.6 is 0 Å². The number of hydrogen-bond acceptors (Lipinski definition) is 12. The molecule has 5 fully saturated rings. The van der Waals surface area contributed by atoms with E-state index in [2.05, 4.69) is 36.9 Å². The number of carbonyl (C=O) groups excluding carboxylic acids is 3. The molecule has 6 aliphatic rings. The Kier molecular flexibility index (Phi) is 13.7. The van der Waals surface area contributed by atoms with Crippen molar-refractivity contribution < 1.29 is 37.4 Å². The van der Waals surface area contributed by atoms with Crippen molar-refractivity contribution in [2.75, 3.05) is 89.2 Å². The van der Waals surface area contributed by atoms with Crippen molar-refractivity contribution in [3.05, 3.63) is 82.9 Å². The molecular weight excluding hydrogens is 919 g/mol. The fourth-order valence-corrected chi connectivity index (χ4v) is 12.4. The summed E-state index contributed by atoms with van der Waals surface area (Å²) in [5.74, 6) is 2.24. The Labute approximate surface area is 418 Å². The number of anilines is 2. The number of halogens is 2. The summed E-state index contributed by atoms with van der Waals surface area (Å²) in [4.78, 5) is 58.3. The Morgan fingerprint density at radius 1 is 0.847 bits per heavy atom. The highest BCUT2D eigenvalue weighted by Gasteiger charge is 2.40. The largest absolute Gasteiger partial charge is 0.468 e. The average Bonchev–Trinajstić information content (AvgIpc) is 4.09. The van der Waals surface area contributed by atoms with E-state index in [9.17, 15) is 14.4 Å². The number of ether oxygens (including phenoxy) is 3. The lowest BCUT2D eigenvalue weighted by Gasteiger charge is -2.36. The Balaban J connectivity index is 0.723. The van der Waals surface area contributed by atoms with E-state index >= 15 is 8.78 Å². The van der Waals surface area contributed by atoms with Crippen LogP contribution in [0.4, 0.5) is 20.3 Å². The van der Waals surface area contributed by atoms with Crippen LogP contribution in [0.1, 0.15) is 85.7 Å². The summed E-state index contributed by atoms with van der Waals surface area (Å²) in [6.07, 6.45) is 15.3. The van der Waals surface area contributed by atoms with Crippen LogP contribution in [0.3, 0.4) is 0 Å². The third-order valence-corrected chi connectivity index (χ3v) is 16.0. The van der Waals surface area contributed by atoms with E-state index in [1.165, 1.54) is 13.2 Å². The van der Waals surface area contributed by atoms with Crippen LogP contribution in [0.5, 0.6) is 11.8 Å². The molecule has 1 aliphatic carbocycles. The molecule has 6 heterocycles. The van der Waals surface area contributed by atoms with Crippen molar-refractivity contribution in [1.82, 2.24) is 30.0 Å². The van der Waals surface area contributed by atoms with Crippen LogP contribution in [0.25, 0.3) is 32.8 Å². The number of terminal acetylenes is 1. The van der Waals surface area contributed by atoms with Gasteiger partial charge in [0.25, 0.3) is 5.91 Å². The second kappa shape index (κ2) is 20.6. The van der Waals surface area contributed by atoms with Crippen molar-refractivity contribution in [3.63, 3.8) is 0 Å². The molecule has 5 aliphatic heterocycles. The fourth-order valence-electron chi connectivity index (χ4n) is 12.4. The van der Waals surface area contributed by atoms with Gasteiger partial charge < -0.3 is 28.9 Å². The second-order valence-corrected chi connectivity index (χ2v) is 20.6. The predicted octanol–water partition coefficient (Wildman–Crippen LogP) is 7.53. The monoisotopic (exact) mass is 980 g/mol. The van der Waals surface area contributed by atoms with Crippen molar-refractivity contribution >= 4 is 50.9 Å². The molecule has 4 atom stereocenters. The van der Waals surface area contributed by atoms with Gasteiger partial charge in [0.1, 0.15) is 35.6 Å². The fraction of sp³-hybridized carbons (Fsp3) is 0.482. The number of methoxy groups -OCH3 is 1. The molecule has 72 heavy (non-hydrogen) atoms. The summed E-state index contributed by atoms with van der Waals surface area (Å²) in [5.41, 5.74) is 3.19. The van der Waals surface area contributed by atoms with Gasteiger partial charge in [0.15, 0.2) is 12.6 Å². The maximum Gasteiger partial charge on any atom is 0.319 e. The van der Waals surface area contributed by atoms with E-state index in [0.29, 0.717) is 70.3 Å². The number of piperidine rings is 2. The van der Waals surface area contributed by atoms with Gasteiger partial charge in [0.2, 0.25) is 11.8 Å². The number of benzene rings is 4. The molecule has 11 rings (SSSR count). The second-order valence-electron chi connectivity index (χ2n) is 20.6. The molecule has 16 heteroatoms. The number of hydrogen-bond donors (Lipinski definition) is 1. The smallest absolute Gasteiger partial charge is 0.319 e. The molecule has 14 nitrogen and oxygen atoms in total. The maximum atomic E-state index is 17.4. The molecule has 4 aromatic carbocycles. The number of likely N-dealkylation sites (tertiary alicyclic amines) is 1. The number of nitrogens with one attached hydrogen (secondary N) is 1. The first kappa shape index (κ1) is 47.9. The van der Waals surface area contributed by atoms with Crippen molar-refractivity contribution in [1.29, 1.82) is 0 Å². The molecule has 1 saturated carbocycles. The lowest BCUT2D eigenvalue weighted by Crippen LogP contribution is -2.52. The number of piperazine rings is 1. The van der Waals surface area contributed by atoms with Gasteiger partial charge >= 0.3 is 6.01 Å². The van der Waals surface area contributed by atoms with Gasteiger partial charge in [0.05, 0.1) is 5.56 Å². The first-order valence-corrected chi connectivity index (χ1v) is 25.8. The highest BCUT2D eigenvalue weighted by molar-refractivity contribution is 6.06. The molecular formula is C56H62F2N8O6. The van der Waals surface area contributed by atoms with Crippen LogP contribution in [0, 0.1) is 35.8 Å². The van der Waals surface area contributed by atoms with Gasteiger partial charge in [-0.25, -0.2) is 8.78 Å². The first-order valence-electron chi connectivity index (χ1n) is 25.8. The van der Waals surface area contributed by atoms with E-state index in [4.69, 9.17) is 30.6 Å². The molecule has 2 unspecified atom stereocenters. The quantitative estimate of drug-likeness (QED) is 0.0454. The topological polar surface area (TPSA) is 133 Å². The van der Waals surface area contributed by atoms with E-state index in [1.807, 2.05) is 24.3 Å². The third kappa shape index (κ3) is 9.54. The molecule has 5 aromatic rings. The number of aromatic nitrogens is 2. The molecule has 1 aromatic heterocycles.